The predicted octanol–water partition coefficient (Wildman–Crippen LogP) is 5.25. The molecule has 2 aromatic carbocycles. The summed E-state index contributed by atoms with van der Waals surface area (Å²) in [6.45, 7) is 0. The monoisotopic (exact) mass is 428 g/mol. The Morgan fingerprint density at radius 3 is 2.10 bits per heavy atom. The molecule has 1 amide bonds. The third-order valence-corrected chi connectivity index (χ3v) is 5.05. The highest BCUT2D eigenvalue weighted by Gasteiger charge is 2.24. The Morgan fingerprint density at radius 1 is 0.931 bits per heavy atom. The molecule has 0 aliphatic heterocycles. The molecule has 0 aliphatic carbocycles. The fraction of sp³-hybridized carbons (Fsp3) is 0.182. The number of aromatic nitrogens is 1. The van der Waals surface area contributed by atoms with Crippen molar-refractivity contribution in [2.24, 2.45) is 0 Å². The van der Waals surface area contributed by atoms with Crippen molar-refractivity contribution in [3.05, 3.63) is 82.0 Å². The predicted molar refractivity (Wildman–Crippen MR) is 121 cm³/mol. The molecule has 0 spiro atoms. The van der Waals surface area contributed by atoms with Crippen molar-refractivity contribution in [1.29, 1.82) is 0 Å². The number of anilines is 3. The molecule has 1 unspecified atom stereocenters. The Bertz CT molecular complexity index is 995. The van der Waals surface area contributed by atoms with E-state index in [2.05, 4.69) is 10.3 Å². The first-order valence-electron chi connectivity index (χ1n) is 9.02. The molecule has 0 radical (unpaired) electrons. The number of hydrogen-bond donors (Lipinski definition) is 1. The van der Waals surface area contributed by atoms with E-state index in [-0.39, 0.29) is 6.04 Å². The maximum Gasteiger partial charge on any atom is 0.213 e. The number of halogens is 2. The van der Waals surface area contributed by atoms with Gasteiger partial charge in [0.2, 0.25) is 6.41 Å². The van der Waals surface area contributed by atoms with Gasteiger partial charge in [-0.3, -0.25) is 4.79 Å². The van der Waals surface area contributed by atoms with E-state index in [0.29, 0.717) is 15.9 Å². The van der Waals surface area contributed by atoms with E-state index in [9.17, 15) is 4.79 Å². The van der Waals surface area contributed by atoms with Crippen molar-refractivity contribution >= 4 is 46.8 Å². The summed E-state index contributed by atoms with van der Waals surface area (Å²) in [6.07, 6.45) is 2.50. The largest absolute Gasteiger partial charge is 0.377 e. The molecule has 29 heavy (non-hydrogen) atoms. The molecule has 0 aliphatic rings. The highest BCUT2D eigenvalue weighted by Crippen LogP contribution is 2.39. The zero-order chi connectivity index (χ0) is 21.0. The molecule has 150 valence electrons. The Kier molecular flexibility index (Phi) is 6.62. The molecule has 3 aromatic rings. The minimum Gasteiger partial charge on any atom is -0.377 e. The van der Waals surface area contributed by atoms with E-state index < -0.39 is 0 Å². The van der Waals surface area contributed by atoms with E-state index in [4.69, 9.17) is 23.2 Å². The van der Waals surface area contributed by atoms with Gasteiger partial charge < -0.3 is 15.1 Å². The number of rotatable bonds is 7. The Morgan fingerprint density at radius 2 is 1.55 bits per heavy atom. The molecule has 1 heterocycles. The van der Waals surface area contributed by atoms with Crippen LogP contribution in [0.2, 0.25) is 10.0 Å². The summed E-state index contributed by atoms with van der Waals surface area (Å²) in [4.78, 5) is 19.5. The fourth-order valence-electron chi connectivity index (χ4n) is 3.22. The van der Waals surface area contributed by atoms with Crippen LogP contribution in [0.15, 0.2) is 60.8 Å². The summed E-state index contributed by atoms with van der Waals surface area (Å²) >= 11 is 12.7. The van der Waals surface area contributed by atoms with Crippen LogP contribution >= 0.6 is 23.2 Å². The van der Waals surface area contributed by atoms with E-state index in [1.54, 1.807) is 19.3 Å². The van der Waals surface area contributed by atoms with E-state index in [1.165, 1.54) is 4.90 Å². The first-order chi connectivity index (χ1) is 13.9. The second-order valence-corrected chi connectivity index (χ2v) is 7.68. The lowest BCUT2D eigenvalue weighted by Gasteiger charge is -2.29. The average Bonchev–Trinajstić information content (AvgIpc) is 2.72. The van der Waals surface area contributed by atoms with Gasteiger partial charge in [0.1, 0.15) is 5.82 Å². The van der Waals surface area contributed by atoms with Crippen molar-refractivity contribution < 1.29 is 4.79 Å². The van der Waals surface area contributed by atoms with E-state index >= 15 is 0 Å². The minimum absolute atomic E-state index is 0.350. The summed E-state index contributed by atoms with van der Waals surface area (Å²) in [5, 5.41) is 4.67. The van der Waals surface area contributed by atoms with Gasteiger partial charge in [-0.2, -0.15) is 0 Å². The number of pyridine rings is 1. The second-order valence-electron chi connectivity index (χ2n) is 6.81. The van der Waals surface area contributed by atoms with Crippen molar-refractivity contribution in [2.45, 2.75) is 6.04 Å². The van der Waals surface area contributed by atoms with Crippen LogP contribution in [0.4, 0.5) is 17.2 Å². The van der Waals surface area contributed by atoms with Gasteiger partial charge in [-0.15, -0.1) is 0 Å². The lowest BCUT2D eigenvalue weighted by molar-refractivity contribution is -0.107. The molecule has 1 atom stereocenters. The van der Waals surface area contributed by atoms with Crippen LogP contribution in [-0.2, 0) is 4.79 Å². The summed E-state index contributed by atoms with van der Waals surface area (Å²) in [6, 6.07) is 16.5. The molecular weight excluding hydrogens is 407 g/mol. The van der Waals surface area contributed by atoms with Gasteiger partial charge in [0, 0.05) is 59.9 Å². The van der Waals surface area contributed by atoms with Crippen LogP contribution in [0.5, 0.6) is 0 Å². The maximum absolute atomic E-state index is 11.5. The van der Waals surface area contributed by atoms with Crippen LogP contribution in [-0.4, -0.2) is 32.5 Å². The smallest absolute Gasteiger partial charge is 0.213 e. The summed E-state index contributed by atoms with van der Waals surface area (Å²) in [5.41, 5.74) is 3.50. The number of carbonyl (C=O) groups excluding carboxylic acids is 1. The molecule has 5 nitrogen and oxygen atoms in total. The average molecular weight is 429 g/mol. The lowest BCUT2D eigenvalue weighted by Crippen LogP contribution is -2.22. The quantitative estimate of drug-likeness (QED) is 0.522. The van der Waals surface area contributed by atoms with Crippen LogP contribution < -0.4 is 15.1 Å². The van der Waals surface area contributed by atoms with Crippen LogP contribution in [0, 0.1) is 0 Å². The number of hydrogen-bond acceptors (Lipinski definition) is 4. The Hall–Kier alpha value is -2.76. The first kappa shape index (κ1) is 21.0. The summed E-state index contributed by atoms with van der Waals surface area (Å²) in [7, 11) is 5.66. The molecule has 0 saturated carbocycles. The maximum atomic E-state index is 11.5. The van der Waals surface area contributed by atoms with Gasteiger partial charge >= 0.3 is 0 Å². The topological polar surface area (TPSA) is 48.5 Å². The molecule has 1 aromatic heterocycles. The summed E-state index contributed by atoms with van der Waals surface area (Å²) in [5.74, 6) is 0.696. The molecular formula is C22H22Cl2N4O. The molecule has 0 fully saturated rings. The number of amides is 1. The van der Waals surface area contributed by atoms with Gasteiger partial charge in [-0.05, 0) is 48.5 Å². The van der Waals surface area contributed by atoms with Gasteiger partial charge in [-0.25, -0.2) is 4.98 Å². The van der Waals surface area contributed by atoms with Gasteiger partial charge in [0.25, 0.3) is 0 Å². The Labute approximate surface area is 180 Å². The van der Waals surface area contributed by atoms with Gasteiger partial charge in [0.05, 0.1) is 6.04 Å². The first-order valence-corrected chi connectivity index (χ1v) is 9.78. The second kappa shape index (κ2) is 9.16. The SMILES string of the molecule is CN(C)c1ccc(Cl)cc1C(Nc1ccccn1)c1cc(Cl)ccc1N(C)C=O. The lowest BCUT2D eigenvalue weighted by atomic mass is 9.94. The number of nitrogens with zero attached hydrogens (tertiary/aromatic N) is 3. The highest BCUT2D eigenvalue weighted by atomic mass is 35.5. The van der Waals surface area contributed by atoms with Crippen molar-refractivity contribution in [2.75, 3.05) is 36.3 Å². The molecule has 3 rings (SSSR count). The van der Waals surface area contributed by atoms with Crippen molar-refractivity contribution in [3.63, 3.8) is 0 Å². The van der Waals surface area contributed by atoms with Crippen molar-refractivity contribution in [1.82, 2.24) is 4.98 Å². The van der Waals surface area contributed by atoms with Crippen LogP contribution in [0.25, 0.3) is 0 Å². The number of benzene rings is 2. The number of nitrogens with one attached hydrogen (secondary N) is 1. The zero-order valence-electron chi connectivity index (χ0n) is 16.4. The highest BCUT2D eigenvalue weighted by molar-refractivity contribution is 6.31. The standard InChI is InChI=1S/C22H22Cl2N4O/c1-27(2)19-9-7-15(23)12-17(19)22(26-21-6-4-5-11-25-21)18-13-16(24)8-10-20(18)28(3)14-29/h4-14,22H,1-3H3,(H,25,26). The minimum atomic E-state index is -0.350. The number of carbonyl (C=O) groups is 1. The van der Waals surface area contributed by atoms with E-state index in [0.717, 1.165) is 28.9 Å². The van der Waals surface area contributed by atoms with Gasteiger partial charge in [-0.1, -0.05) is 29.3 Å². The fourth-order valence-corrected chi connectivity index (χ4v) is 3.58. The molecule has 1 N–H and O–H groups in total. The van der Waals surface area contributed by atoms with Gasteiger partial charge in [0.15, 0.2) is 0 Å². The zero-order valence-corrected chi connectivity index (χ0v) is 17.9. The third kappa shape index (κ3) is 4.81. The normalized spacial score (nSPS) is 11.6. The van der Waals surface area contributed by atoms with E-state index in [1.807, 2.05) is 67.5 Å². The molecule has 0 saturated heterocycles. The van der Waals surface area contributed by atoms with Crippen LogP contribution in [0.1, 0.15) is 17.2 Å². The van der Waals surface area contributed by atoms with Crippen molar-refractivity contribution in [3.8, 4) is 0 Å². The molecule has 7 heteroatoms. The Balaban J connectivity index is 2.25. The molecule has 0 bridgehead atoms. The summed E-state index contributed by atoms with van der Waals surface area (Å²) < 4.78 is 0. The van der Waals surface area contributed by atoms with Crippen LogP contribution in [0.3, 0.4) is 0 Å². The third-order valence-electron chi connectivity index (χ3n) is 4.58.